The third-order valence-electron chi connectivity index (χ3n) is 3.46. The van der Waals surface area contributed by atoms with Crippen LogP contribution in [0.2, 0.25) is 0 Å². The van der Waals surface area contributed by atoms with Crippen LogP contribution in [0.25, 0.3) is 0 Å². The van der Waals surface area contributed by atoms with Gasteiger partial charge in [-0.05, 0) is 38.1 Å². The minimum absolute atomic E-state index is 0.224. The van der Waals surface area contributed by atoms with Gasteiger partial charge in [0.15, 0.2) is 0 Å². The van der Waals surface area contributed by atoms with Gasteiger partial charge >= 0.3 is 0 Å². The van der Waals surface area contributed by atoms with Crippen molar-refractivity contribution in [3.8, 4) is 5.75 Å². The molecule has 4 heteroatoms. The van der Waals surface area contributed by atoms with Crippen LogP contribution >= 0.6 is 0 Å². The molecule has 2 heterocycles. The summed E-state index contributed by atoms with van der Waals surface area (Å²) in [6.45, 7) is 5.38. The molecule has 1 fully saturated rings. The molecule has 4 nitrogen and oxygen atoms in total. The summed E-state index contributed by atoms with van der Waals surface area (Å²) in [5.74, 6) is 0.896. The van der Waals surface area contributed by atoms with Crippen molar-refractivity contribution in [2.24, 2.45) is 5.92 Å². The zero-order chi connectivity index (χ0) is 12.3. The Morgan fingerprint density at radius 2 is 2.35 bits per heavy atom. The number of piperidine rings is 1. The van der Waals surface area contributed by atoms with Gasteiger partial charge in [-0.1, -0.05) is 6.92 Å². The van der Waals surface area contributed by atoms with Gasteiger partial charge < -0.3 is 15.3 Å². The number of pyridine rings is 1. The van der Waals surface area contributed by atoms with Crippen molar-refractivity contribution >= 4 is 0 Å². The Balaban J connectivity index is 1.83. The fraction of sp³-hybridized carbons (Fsp3) is 0.615. The van der Waals surface area contributed by atoms with Gasteiger partial charge in [0.25, 0.3) is 0 Å². The molecule has 1 aliphatic rings. The normalized spacial score (nSPS) is 26.0. The van der Waals surface area contributed by atoms with E-state index < -0.39 is 0 Å². The molecule has 1 aromatic rings. The minimum atomic E-state index is 0.224. The number of nitrogens with one attached hydrogen (secondary N) is 1. The lowest BCUT2D eigenvalue weighted by Gasteiger charge is -2.35. The lowest BCUT2D eigenvalue weighted by Crippen LogP contribution is -2.46. The van der Waals surface area contributed by atoms with Crippen LogP contribution in [-0.2, 0) is 6.54 Å². The Hall–Kier alpha value is -1.13. The maximum Gasteiger partial charge on any atom is 0.133 e. The Morgan fingerprint density at radius 3 is 3.00 bits per heavy atom. The molecular weight excluding hydrogens is 214 g/mol. The molecule has 0 spiro atoms. The number of aromatic nitrogens is 1. The molecule has 1 saturated heterocycles. The van der Waals surface area contributed by atoms with Gasteiger partial charge in [-0.2, -0.15) is 0 Å². The highest BCUT2D eigenvalue weighted by atomic mass is 16.3. The first-order valence-electron chi connectivity index (χ1n) is 6.21. The second kappa shape index (κ2) is 5.47. The van der Waals surface area contributed by atoms with Crippen molar-refractivity contribution in [1.82, 2.24) is 15.2 Å². The summed E-state index contributed by atoms with van der Waals surface area (Å²) < 4.78 is 0. The fourth-order valence-corrected chi connectivity index (χ4v) is 2.41. The van der Waals surface area contributed by atoms with Crippen molar-refractivity contribution in [3.63, 3.8) is 0 Å². The average Bonchev–Trinajstić information content (AvgIpc) is 2.30. The molecule has 1 aliphatic heterocycles. The van der Waals surface area contributed by atoms with E-state index in [2.05, 4.69) is 29.2 Å². The van der Waals surface area contributed by atoms with Crippen LogP contribution in [0.3, 0.4) is 0 Å². The summed E-state index contributed by atoms with van der Waals surface area (Å²) in [5.41, 5.74) is 0.980. The van der Waals surface area contributed by atoms with Crippen molar-refractivity contribution in [3.05, 3.63) is 24.0 Å². The standard InChI is InChI=1S/C13H21N3O/c1-10-9-16(2)6-5-13(10)15-7-11-3-4-12(17)8-14-11/h3-4,8,10,13,15,17H,5-7,9H2,1-2H3. The summed E-state index contributed by atoms with van der Waals surface area (Å²) in [6, 6.07) is 4.12. The van der Waals surface area contributed by atoms with E-state index in [0.29, 0.717) is 12.0 Å². The molecule has 0 aromatic carbocycles. The predicted octanol–water partition coefficient (Wildman–Crippen LogP) is 1.22. The molecule has 2 N–H and O–H groups in total. The Labute approximate surface area is 103 Å². The third-order valence-corrected chi connectivity index (χ3v) is 3.46. The van der Waals surface area contributed by atoms with Crippen LogP contribution in [-0.4, -0.2) is 41.2 Å². The number of aromatic hydroxyl groups is 1. The van der Waals surface area contributed by atoms with Crippen LogP contribution in [0, 0.1) is 5.92 Å². The highest BCUT2D eigenvalue weighted by Gasteiger charge is 2.23. The molecule has 0 amide bonds. The molecule has 2 unspecified atom stereocenters. The van der Waals surface area contributed by atoms with Gasteiger partial charge in [0.2, 0.25) is 0 Å². The van der Waals surface area contributed by atoms with Gasteiger partial charge in [0.1, 0.15) is 5.75 Å². The summed E-state index contributed by atoms with van der Waals surface area (Å²) in [7, 11) is 2.17. The molecule has 2 rings (SSSR count). The molecule has 0 aliphatic carbocycles. The van der Waals surface area contributed by atoms with Crippen molar-refractivity contribution in [2.75, 3.05) is 20.1 Å². The molecular formula is C13H21N3O. The minimum Gasteiger partial charge on any atom is -0.506 e. The second-order valence-corrected chi connectivity index (χ2v) is 5.02. The number of rotatable bonds is 3. The van der Waals surface area contributed by atoms with E-state index in [1.807, 2.05) is 6.07 Å². The first kappa shape index (κ1) is 12.3. The Kier molecular flexibility index (Phi) is 3.97. The topological polar surface area (TPSA) is 48.4 Å². The Morgan fingerprint density at radius 1 is 1.53 bits per heavy atom. The van der Waals surface area contributed by atoms with E-state index >= 15 is 0 Å². The second-order valence-electron chi connectivity index (χ2n) is 5.02. The zero-order valence-corrected chi connectivity index (χ0v) is 10.6. The molecule has 0 saturated carbocycles. The first-order chi connectivity index (χ1) is 8.15. The SMILES string of the molecule is CC1CN(C)CCC1NCc1ccc(O)cn1. The van der Waals surface area contributed by atoms with Crippen LogP contribution in [0.1, 0.15) is 19.0 Å². The summed E-state index contributed by atoms with van der Waals surface area (Å²) in [4.78, 5) is 6.56. The molecule has 17 heavy (non-hydrogen) atoms. The van der Waals surface area contributed by atoms with Gasteiger partial charge in [0.05, 0.1) is 11.9 Å². The highest BCUT2D eigenvalue weighted by Crippen LogP contribution is 2.16. The monoisotopic (exact) mass is 235 g/mol. The van der Waals surface area contributed by atoms with E-state index in [1.54, 1.807) is 6.07 Å². The van der Waals surface area contributed by atoms with Gasteiger partial charge in [-0.15, -0.1) is 0 Å². The highest BCUT2D eigenvalue weighted by molar-refractivity contribution is 5.17. The number of hydrogen-bond acceptors (Lipinski definition) is 4. The molecule has 0 radical (unpaired) electrons. The van der Waals surface area contributed by atoms with Gasteiger partial charge in [0, 0.05) is 19.1 Å². The number of hydrogen-bond donors (Lipinski definition) is 2. The zero-order valence-electron chi connectivity index (χ0n) is 10.6. The molecule has 0 bridgehead atoms. The maximum absolute atomic E-state index is 9.16. The van der Waals surface area contributed by atoms with Crippen LogP contribution in [0.5, 0.6) is 5.75 Å². The Bertz CT molecular complexity index is 352. The van der Waals surface area contributed by atoms with E-state index in [9.17, 15) is 0 Å². The van der Waals surface area contributed by atoms with E-state index in [0.717, 1.165) is 25.3 Å². The van der Waals surface area contributed by atoms with E-state index in [4.69, 9.17) is 5.11 Å². The van der Waals surface area contributed by atoms with E-state index in [1.165, 1.54) is 12.6 Å². The average molecular weight is 235 g/mol. The molecule has 1 aromatic heterocycles. The lowest BCUT2D eigenvalue weighted by molar-refractivity contribution is 0.174. The molecule has 94 valence electrons. The van der Waals surface area contributed by atoms with Gasteiger partial charge in [-0.3, -0.25) is 4.98 Å². The summed E-state index contributed by atoms with van der Waals surface area (Å²) in [5, 5.41) is 12.7. The van der Waals surface area contributed by atoms with Crippen LogP contribution in [0.15, 0.2) is 18.3 Å². The number of likely N-dealkylation sites (tertiary alicyclic amines) is 1. The molecule has 2 atom stereocenters. The number of nitrogens with zero attached hydrogens (tertiary/aromatic N) is 2. The smallest absolute Gasteiger partial charge is 0.133 e. The summed E-state index contributed by atoms with van der Waals surface area (Å²) >= 11 is 0. The van der Waals surface area contributed by atoms with E-state index in [-0.39, 0.29) is 5.75 Å². The van der Waals surface area contributed by atoms with Crippen molar-refractivity contribution < 1.29 is 5.11 Å². The predicted molar refractivity (Wildman–Crippen MR) is 67.8 cm³/mol. The van der Waals surface area contributed by atoms with Crippen molar-refractivity contribution in [2.45, 2.75) is 25.9 Å². The fourth-order valence-electron chi connectivity index (χ4n) is 2.41. The van der Waals surface area contributed by atoms with Crippen LogP contribution < -0.4 is 5.32 Å². The van der Waals surface area contributed by atoms with Gasteiger partial charge in [-0.25, -0.2) is 0 Å². The quantitative estimate of drug-likeness (QED) is 0.827. The summed E-state index contributed by atoms with van der Waals surface area (Å²) in [6.07, 6.45) is 2.69. The largest absolute Gasteiger partial charge is 0.506 e. The van der Waals surface area contributed by atoms with Crippen LogP contribution in [0.4, 0.5) is 0 Å². The van der Waals surface area contributed by atoms with Crippen molar-refractivity contribution in [1.29, 1.82) is 0 Å². The lowest BCUT2D eigenvalue weighted by atomic mass is 9.94. The third kappa shape index (κ3) is 3.41. The first-order valence-corrected chi connectivity index (χ1v) is 6.21. The maximum atomic E-state index is 9.16.